The zero-order valence-corrected chi connectivity index (χ0v) is 13.4. The number of aliphatic hydroxyl groups is 1. The average Bonchev–Trinajstić information content (AvgIpc) is 3.06. The number of piperidine rings is 1. The van der Waals surface area contributed by atoms with Gasteiger partial charge in [-0.05, 0) is 25.3 Å². The van der Waals surface area contributed by atoms with Crippen molar-refractivity contribution in [2.45, 2.75) is 32.5 Å². The van der Waals surface area contributed by atoms with Gasteiger partial charge in [0.1, 0.15) is 5.69 Å². The Morgan fingerprint density at radius 1 is 1.41 bits per heavy atom. The highest BCUT2D eigenvalue weighted by molar-refractivity contribution is 6.31. The van der Waals surface area contributed by atoms with Crippen LogP contribution in [-0.4, -0.2) is 47.9 Å². The molecule has 0 spiro atoms. The van der Waals surface area contributed by atoms with E-state index in [1.807, 2.05) is 24.1 Å². The third-order valence-corrected chi connectivity index (χ3v) is 4.34. The van der Waals surface area contributed by atoms with Crippen molar-refractivity contribution in [2.75, 3.05) is 13.1 Å². The van der Waals surface area contributed by atoms with Crippen molar-refractivity contribution < 1.29 is 5.11 Å². The van der Waals surface area contributed by atoms with Crippen LogP contribution in [0.1, 0.15) is 24.2 Å². The molecule has 2 aromatic heterocycles. The van der Waals surface area contributed by atoms with Crippen LogP contribution in [0.4, 0.5) is 0 Å². The van der Waals surface area contributed by atoms with Gasteiger partial charge in [0.2, 0.25) is 0 Å². The van der Waals surface area contributed by atoms with E-state index in [1.54, 1.807) is 4.68 Å². The Bertz CT molecular complexity index is 625. The molecule has 1 saturated heterocycles. The zero-order valence-electron chi connectivity index (χ0n) is 12.7. The third kappa shape index (κ3) is 3.66. The summed E-state index contributed by atoms with van der Waals surface area (Å²) in [5.74, 6) is 0.532. The Hall–Kier alpha value is -1.44. The topological polar surface area (TPSA) is 72.0 Å². The fraction of sp³-hybridized carbons (Fsp3) is 0.643. The number of aryl methyl sites for hydroxylation is 1. The quantitative estimate of drug-likeness (QED) is 0.890. The molecule has 7 nitrogen and oxygen atoms in total. The number of hydrogen-bond donors (Lipinski definition) is 1. The Balaban J connectivity index is 1.58. The molecule has 1 fully saturated rings. The molecule has 0 aliphatic carbocycles. The second kappa shape index (κ2) is 6.76. The van der Waals surface area contributed by atoms with Gasteiger partial charge < -0.3 is 5.11 Å². The predicted octanol–water partition coefficient (Wildman–Crippen LogP) is 1.07. The summed E-state index contributed by atoms with van der Waals surface area (Å²) in [4.78, 5) is 2.40. The Morgan fingerprint density at radius 3 is 2.95 bits per heavy atom. The number of likely N-dealkylation sites (tertiary alicyclic amines) is 1. The lowest BCUT2D eigenvalue weighted by Crippen LogP contribution is -2.36. The van der Waals surface area contributed by atoms with Gasteiger partial charge in [0.05, 0.1) is 23.5 Å². The highest BCUT2D eigenvalue weighted by Crippen LogP contribution is 2.22. The molecule has 8 heteroatoms. The lowest BCUT2D eigenvalue weighted by Gasteiger charge is -2.32. The molecule has 1 atom stereocenters. The van der Waals surface area contributed by atoms with Crippen molar-refractivity contribution in [3.63, 3.8) is 0 Å². The van der Waals surface area contributed by atoms with E-state index in [0.717, 1.165) is 43.3 Å². The normalized spacial score (nSPS) is 19.7. The van der Waals surface area contributed by atoms with Crippen LogP contribution < -0.4 is 0 Å². The summed E-state index contributed by atoms with van der Waals surface area (Å²) in [7, 11) is 1.89. The molecule has 0 bridgehead atoms. The molecule has 1 aliphatic heterocycles. The second-order valence-electron chi connectivity index (χ2n) is 5.93. The van der Waals surface area contributed by atoms with Crippen LogP contribution in [0, 0.1) is 5.92 Å². The van der Waals surface area contributed by atoms with Crippen LogP contribution in [0.5, 0.6) is 0 Å². The van der Waals surface area contributed by atoms with Gasteiger partial charge in [-0.3, -0.25) is 14.3 Å². The summed E-state index contributed by atoms with van der Waals surface area (Å²) >= 11 is 6.19. The van der Waals surface area contributed by atoms with E-state index in [0.29, 0.717) is 11.6 Å². The Morgan fingerprint density at radius 2 is 2.27 bits per heavy atom. The fourth-order valence-corrected chi connectivity index (χ4v) is 3.27. The minimum absolute atomic E-state index is 0.0605. The van der Waals surface area contributed by atoms with Crippen molar-refractivity contribution >= 4 is 11.6 Å². The Labute approximate surface area is 134 Å². The molecule has 0 saturated carbocycles. The largest absolute Gasteiger partial charge is 0.390 e. The summed E-state index contributed by atoms with van der Waals surface area (Å²) in [5, 5.41) is 22.2. The summed E-state index contributed by atoms with van der Waals surface area (Å²) in [6.07, 6.45) is 6.00. The first-order chi connectivity index (χ1) is 10.6. The molecule has 3 rings (SSSR count). The van der Waals surface area contributed by atoms with Crippen LogP contribution in [0.3, 0.4) is 0 Å². The number of halogens is 1. The maximum Gasteiger partial charge on any atom is 0.108 e. The van der Waals surface area contributed by atoms with Crippen LogP contribution in [0.15, 0.2) is 12.4 Å². The molecule has 0 radical (unpaired) electrons. The van der Waals surface area contributed by atoms with E-state index in [2.05, 4.69) is 20.3 Å². The molecule has 1 aliphatic rings. The lowest BCUT2D eigenvalue weighted by atomic mass is 9.98. The molecule has 0 amide bonds. The lowest BCUT2D eigenvalue weighted by molar-refractivity contribution is 0.151. The SMILES string of the molecule is Cn1cc(Cl)c(CN2CCC[C@H](Cn3cc(CO)nn3)C2)n1. The van der Waals surface area contributed by atoms with E-state index >= 15 is 0 Å². The van der Waals surface area contributed by atoms with E-state index < -0.39 is 0 Å². The average molecular weight is 325 g/mol. The number of rotatable bonds is 5. The van der Waals surface area contributed by atoms with E-state index in [-0.39, 0.29) is 6.61 Å². The van der Waals surface area contributed by atoms with Crippen molar-refractivity contribution in [1.29, 1.82) is 0 Å². The highest BCUT2D eigenvalue weighted by Gasteiger charge is 2.22. The van der Waals surface area contributed by atoms with E-state index in [4.69, 9.17) is 16.7 Å². The van der Waals surface area contributed by atoms with Gasteiger partial charge in [-0.25, -0.2) is 0 Å². The maximum atomic E-state index is 9.05. The van der Waals surface area contributed by atoms with Crippen LogP contribution in [-0.2, 0) is 26.7 Å². The van der Waals surface area contributed by atoms with Gasteiger partial charge >= 0.3 is 0 Å². The molecule has 120 valence electrons. The summed E-state index contributed by atoms with van der Waals surface area (Å²) in [6, 6.07) is 0. The number of nitrogens with zero attached hydrogens (tertiary/aromatic N) is 6. The highest BCUT2D eigenvalue weighted by atomic mass is 35.5. The maximum absolute atomic E-state index is 9.05. The molecule has 2 aromatic rings. The van der Waals surface area contributed by atoms with Crippen LogP contribution in [0.25, 0.3) is 0 Å². The monoisotopic (exact) mass is 324 g/mol. The van der Waals surface area contributed by atoms with Crippen LogP contribution >= 0.6 is 11.6 Å². The van der Waals surface area contributed by atoms with Gasteiger partial charge in [-0.15, -0.1) is 5.10 Å². The number of hydrogen-bond acceptors (Lipinski definition) is 5. The predicted molar refractivity (Wildman–Crippen MR) is 82.2 cm³/mol. The molecular weight excluding hydrogens is 304 g/mol. The first kappa shape index (κ1) is 15.5. The molecule has 0 aromatic carbocycles. The van der Waals surface area contributed by atoms with Gasteiger partial charge in [-0.2, -0.15) is 5.10 Å². The smallest absolute Gasteiger partial charge is 0.108 e. The minimum atomic E-state index is -0.0605. The fourth-order valence-electron chi connectivity index (χ4n) is 3.03. The van der Waals surface area contributed by atoms with Crippen molar-refractivity contribution in [3.8, 4) is 0 Å². The first-order valence-corrected chi connectivity index (χ1v) is 7.92. The Kier molecular flexibility index (Phi) is 4.75. The summed E-state index contributed by atoms with van der Waals surface area (Å²) in [6.45, 7) is 3.63. The molecular formula is C14H21ClN6O. The standard InChI is InChI=1S/C14H21ClN6O/c1-19-8-13(15)14(17-19)9-20-4-2-3-11(5-20)6-21-7-12(10-22)16-18-21/h7-8,11,22H,2-6,9-10H2,1H3/t11-/m0/s1. The van der Waals surface area contributed by atoms with Gasteiger partial charge in [-0.1, -0.05) is 16.8 Å². The zero-order chi connectivity index (χ0) is 15.5. The van der Waals surface area contributed by atoms with Crippen molar-refractivity contribution in [3.05, 3.63) is 28.8 Å². The minimum Gasteiger partial charge on any atom is -0.390 e. The molecule has 22 heavy (non-hydrogen) atoms. The van der Waals surface area contributed by atoms with Crippen molar-refractivity contribution in [1.82, 2.24) is 29.7 Å². The number of aliphatic hydroxyl groups excluding tert-OH is 1. The molecule has 0 unspecified atom stereocenters. The summed E-state index contributed by atoms with van der Waals surface area (Å²) in [5.41, 5.74) is 1.56. The third-order valence-electron chi connectivity index (χ3n) is 4.02. The first-order valence-electron chi connectivity index (χ1n) is 7.54. The molecule has 1 N–H and O–H groups in total. The molecule has 3 heterocycles. The second-order valence-corrected chi connectivity index (χ2v) is 6.34. The van der Waals surface area contributed by atoms with Crippen LogP contribution in [0.2, 0.25) is 5.02 Å². The van der Waals surface area contributed by atoms with E-state index in [9.17, 15) is 0 Å². The summed E-state index contributed by atoms with van der Waals surface area (Å²) < 4.78 is 3.58. The van der Waals surface area contributed by atoms with Crippen molar-refractivity contribution in [2.24, 2.45) is 13.0 Å². The van der Waals surface area contributed by atoms with Gasteiger partial charge in [0, 0.05) is 32.9 Å². The van der Waals surface area contributed by atoms with E-state index in [1.165, 1.54) is 6.42 Å². The number of aromatic nitrogens is 5. The van der Waals surface area contributed by atoms with Gasteiger partial charge in [0.15, 0.2) is 0 Å². The van der Waals surface area contributed by atoms with Gasteiger partial charge in [0.25, 0.3) is 0 Å².